The Morgan fingerprint density at radius 2 is 1.88 bits per heavy atom. The summed E-state index contributed by atoms with van der Waals surface area (Å²) in [6, 6.07) is 12.2. The molecule has 0 fully saturated rings. The fourth-order valence-electron chi connectivity index (χ4n) is 2.05. The normalized spacial score (nSPS) is 12.6. The van der Waals surface area contributed by atoms with Gasteiger partial charge in [0.15, 0.2) is 0 Å². The van der Waals surface area contributed by atoms with E-state index >= 15 is 0 Å². The Morgan fingerprint density at radius 1 is 1.19 bits per heavy atom. The molecule has 0 unspecified atom stereocenters. The second-order valence-corrected chi connectivity index (χ2v) is 4.06. The summed E-state index contributed by atoms with van der Waals surface area (Å²) in [6.07, 6.45) is 1.88. The van der Waals surface area contributed by atoms with E-state index in [0.29, 0.717) is 6.42 Å². The molecule has 2 rings (SSSR count). The van der Waals surface area contributed by atoms with Crippen molar-refractivity contribution in [2.75, 3.05) is 0 Å². The maximum atomic E-state index is 10.0. The summed E-state index contributed by atoms with van der Waals surface area (Å²) >= 11 is 0. The van der Waals surface area contributed by atoms with Gasteiger partial charge >= 0.3 is 0 Å². The van der Waals surface area contributed by atoms with E-state index in [1.807, 2.05) is 18.2 Å². The van der Waals surface area contributed by atoms with Crippen LogP contribution in [0.15, 0.2) is 49.1 Å². The molecule has 1 N–H and O–H groups in total. The van der Waals surface area contributed by atoms with Gasteiger partial charge in [-0.25, -0.2) is 0 Å². The number of aryl methyl sites for hydroxylation is 1. The predicted octanol–water partition coefficient (Wildman–Crippen LogP) is 3.76. The number of hydrogen-bond donors (Lipinski definition) is 1. The van der Waals surface area contributed by atoms with E-state index < -0.39 is 6.10 Å². The van der Waals surface area contributed by atoms with Gasteiger partial charge in [0.05, 0.1) is 6.10 Å². The molecule has 0 saturated carbocycles. The molecular formula is C15H16O. The van der Waals surface area contributed by atoms with Crippen LogP contribution in [0.1, 0.15) is 23.7 Å². The van der Waals surface area contributed by atoms with Crippen LogP contribution in [0.4, 0.5) is 0 Å². The van der Waals surface area contributed by atoms with Crippen molar-refractivity contribution in [3.05, 3.63) is 60.2 Å². The van der Waals surface area contributed by atoms with Gasteiger partial charge in [-0.2, -0.15) is 0 Å². The number of aliphatic hydroxyl groups is 1. The summed E-state index contributed by atoms with van der Waals surface area (Å²) in [5.74, 6) is 0. The highest BCUT2D eigenvalue weighted by molar-refractivity contribution is 5.88. The minimum Gasteiger partial charge on any atom is -0.388 e. The van der Waals surface area contributed by atoms with Gasteiger partial charge in [-0.05, 0) is 35.2 Å². The molecule has 16 heavy (non-hydrogen) atoms. The molecule has 1 heteroatoms. The number of aliphatic hydroxyl groups excluding tert-OH is 1. The molecule has 2 aromatic carbocycles. The molecule has 1 nitrogen and oxygen atoms in total. The molecule has 0 radical (unpaired) electrons. The minimum atomic E-state index is -0.456. The first-order chi connectivity index (χ1) is 7.74. The number of hydrogen-bond acceptors (Lipinski definition) is 1. The third-order valence-electron chi connectivity index (χ3n) is 2.92. The van der Waals surface area contributed by atoms with E-state index in [2.05, 4.69) is 31.7 Å². The largest absolute Gasteiger partial charge is 0.388 e. The average Bonchev–Trinajstić information content (AvgIpc) is 2.30. The first-order valence-electron chi connectivity index (χ1n) is 5.51. The molecule has 0 spiro atoms. The molecule has 0 aliphatic carbocycles. The first-order valence-corrected chi connectivity index (χ1v) is 5.51. The lowest BCUT2D eigenvalue weighted by molar-refractivity contribution is 0.183. The highest BCUT2D eigenvalue weighted by Crippen LogP contribution is 2.28. The zero-order valence-corrected chi connectivity index (χ0v) is 9.48. The van der Waals surface area contributed by atoms with E-state index in [9.17, 15) is 5.11 Å². The van der Waals surface area contributed by atoms with Crippen molar-refractivity contribution in [1.29, 1.82) is 0 Å². The van der Waals surface area contributed by atoms with Crippen molar-refractivity contribution in [2.24, 2.45) is 0 Å². The van der Waals surface area contributed by atoms with E-state index in [4.69, 9.17) is 0 Å². The second-order valence-electron chi connectivity index (χ2n) is 4.06. The second kappa shape index (κ2) is 4.50. The Morgan fingerprint density at radius 3 is 2.56 bits per heavy atom. The lowest BCUT2D eigenvalue weighted by atomic mass is 9.96. The summed E-state index contributed by atoms with van der Waals surface area (Å²) in [6.45, 7) is 5.75. The molecule has 1 atom stereocenters. The van der Waals surface area contributed by atoms with E-state index in [-0.39, 0.29) is 0 Å². The molecule has 0 heterocycles. The lowest BCUT2D eigenvalue weighted by Crippen LogP contribution is -1.97. The molecule has 0 bridgehead atoms. The Hall–Kier alpha value is -1.60. The number of fused-ring (bicyclic) bond motifs is 1. The Kier molecular flexibility index (Phi) is 3.07. The fraction of sp³-hybridized carbons (Fsp3) is 0.200. The van der Waals surface area contributed by atoms with Gasteiger partial charge in [-0.3, -0.25) is 0 Å². The Labute approximate surface area is 96.0 Å². The standard InChI is InChI=1S/C15H16O/c1-3-6-15(16)14-10-9-11(2)12-7-4-5-8-13(12)14/h3-5,7-10,15-16H,1,6H2,2H3/t15-/m0/s1. The van der Waals surface area contributed by atoms with Crippen LogP contribution in [-0.2, 0) is 0 Å². The maximum Gasteiger partial charge on any atom is 0.0830 e. The molecule has 0 saturated heterocycles. The lowest BCUT2D eigenvalue weighted by Gasteiger charge is -2.13. The summed E-state index contributed by atoms with van der Waals surface area (Å²) in [5, 5.41) is 12.4. The molecule has 2 aromatic rings. The third-order valence-corrected chi connectivity index (χ3v) is 2.92. The van der Waals surface area contributed by atoms with Crippen LogP contribution in [-0.4, -0.2) is 5.11 Å². The molecule has 82 valence electrons. The summed E-state index contributed by atoms with van der Waals surface area (Å²) in [5.41, 5.74) is 2.23. The van der Waals surface area contributed by atoms with Crippen molar-refractivity contribution in [1.82, 2.24) is 0 Å². The smallest absolute Gasteiger partial charge is 0.0830 e. The Balaban J connectivity index is 2.62. The maximum absolute atomic E-state index is 10.0. The van der Waals surface area contributed by atoms with Gasteiger partial charge in [-0.1, -0.05) is 42.5 Å². The monoisotopic (exact) mass is 212 g/mol. The van der Waals surface area contributed by atoms with Gasteiger partial charge in [-0.15, -0.1) is 6.58 Å². The van der Waals surface area contributed by atoms with Crippen LogP contribution in [0.2, 0.25) is 0 Å². The first kappa shape index (κ1) is 10.9. The van der Waals surface area contributed by atoms with Gasteiger partial charge < -0.3 is 5.11 Å². The van der Waals surface area contributed by atoms with Crippen molar-refractivity contribution in [2.45, 2.75) is 19.4 Å². The van der Waals surface area contributed by atoms with Crippen LogP contribution in [0, 0.1) is 6.92 Å². The molecule has 0 aliphatic rings. The van der Waals surface area contributed by atoms with Crippen LogP contribution in [0.3, 0.4) is 0 Å². The molecule has 0 aromatic heterocycles. The van der Waals surface area contributed by atoms with E-state index in [0.717, 1.165) is 10.9 Å². The predicted molar refractivity (Wildman–Crippen MR) is 68.5 cm³/mol. The third kappa shape index (κ3) is 1.86. The van der Waals surface area contributed by atoms with Crippen molar-refractivity contribution < 1.29 is 5.11 Å². The summed E-state index contributed by atoms with van der Waals surface area (Å²) in [4.78, 5) is 0. The summed E-state index contributed by atoms with van der Waals surface area (Å²) in [7, 11) is 0. The number of benzene rings is 2. The minimum absolute atomic E-state index is 0.456. The van der Waals surface area contributed by atoms with Gasteiger partial charge in [0.25, 0.3) is 0 Å². The van der Waals surface area contributed by atoms with Crippen LogP contribution in [0.25, 0.3) is 10.8 Å². The fourth-order valence-corrected chi connectivity index (χ4v) is 2.05. The van der Waals surface area contributed by atoms with Crippen LogP contribution < -0.4 is 0 Å². The molecular weight excluding hydrogens is 196 g/mol. The average molecular weight is 212 g/mol. The molecule has 0 aliphatic heterocycles. The molecule has 0 amide bonds. The quantitative estimate of drug-likeness (QED) is 0.768. The Bertz CT molecular complexity index is 514. The van der Waals surface area contributed by atoms with Crippen LogP contribution in [0.5, 0.6) is 0 Å². The van der Waals surface area contributed by atoms with Crippen molar-refractivity contribution in [3.63, 3.8) is 0 Å². The van der Waals surface area contributed by atoms with E-state index in [1.54, 1.807) is 6.08 Å². The zero-order chi connectivity index (χ0) is 11.5. The van der Waals surface area contributed by atoms with Gasteiger partial charge in [0, 0.05) is 0 Å². The van der Waals surface area contributed by atoms with Gasteiger partial charge in [0.2, 0.25) is 0 Å². The highest BCUT2D eigenvalue weighted by atomic mass is 16.3. The summed E-state index contributed by atoms with van der Waals surface area (Å²) < 4.78 is 0. The highest BCUT2D eigenvalue weighted by Gasteiger charge is 2.10. The van der Waals surface area contributed by atoms with E-state index in [1.165, 1.54) is 10.9 Å². The van der Waals surface area contributed by atoms with Crippen LogP contribution >= 0.6 is 0 Å². The topological polar surface area (TPSA) is 20.2 Å². The SMILES string of the molecule is C=CC[C@H](O)c1ccc(C)c2ccccc12. The number of rotatable bonds is 3. The van der Waals surface area contributed by atoms with Crippen molar-refractivity contribution in [3.8, 4) is 0 Å². The zero-order valence-electron chi connectivity index (χ0n) is 9.48. The van der Waals surface area contributed by atoms with Crippen molar-refractivity contribution >= 4 is 10.8 Å². The van der Waals surface area contributed by atoms with Gasteiger partial charge in [0.1, 0.15) is 0 Å².